The van der Waals surface area contributed by atoms with Crippen LogP contribution in [0.5, 0.6) is 0 Å². The normalized spacial score (nSPS) is 11.9. The van der Waals surface area contributed by atoms with Crippen molar-refractivity contribution in [1.82, 2.24) is 10.6 Å². The van der Waals surface area contributed by atoms with Crippen molar-refractivity contribution in [3.8, 4) is 0 Å². The van der Waals surface area contributed by atoms with Crippen LogP contribution < -0.4 is 10.6 Å². The molecule has 33 heavy (non-hydrogen) atoms. The van der Waals surface area contributed by atoms with E-state index in [1.54, 1.807) is 18.2 Å². The molecule has 0 heterocycles. The van der Waals surface area contributed by atoms with Gasteiger partial charge in [-0.25, -0.2) is 0 Å². The number of benzene rings is 2. The number of nitro benzene ring substituents is 2. The molecular weight excluding hydrogens is 428 g/mol. The van der Waals surface area contributed by atoms with Crippen LogP contribution in [-0.4, -0.2) is 34.2 Å². The topological polar surface area (TPSA) is 144 Å². The van der Waals surface area contributed by atoms with Crippen LogP contribution in [0, 0.1) is 20.2 Å². The summed E-state index contributed by atoms with van der Waals surface area (Å²) in [6.45, 7) is 2.08. The predicted molar refractivity (Wildman–Crippen MR) is 124 cm³/mol. The van der Waals surface area contributed by atoms with Gasteiger partial charge in [-0.1, -0.05) is 37.6 Å². The van der Waals surface area contributed by atoms with Crippen LogP contribution in [0.25, 0.3) is 12.2 Å². The molecule has 10 nitrogen and oxygen atoms in total. The van der Waals surface area contributed by atoms with Crippen molar-refractivity contribution >= 4 is 35.3 Å². The summed E-state index contributed by atoms with van der Waals surface area (Å²) in [6, 6.07) is 11.8. The molecule has 0 bridgehead atoms. The lowest BCUT2D eigenvalue weighted by Crippen LogP contribution is -2.42. The number of carbonyl (C=O) groups excluding carboxylic acids is 2. The van der Waals surface area contributed by atoms with E-state index in [1.165, 1.54) is 54.6 Å². The Morgan fingerprint density at radius 1 is 0.879 bits per heavy atom. The molecule has 1 unspecified atom stereocenters. The molecule has 10 heteroatoms. The number of amides is 2. The summed E-state index contributed by atoms with van der Waals surface area (Å²) in [7, 11) is 0. The summed E-state index contributed by atoms with van der Waals surface area (Å²) in [5, 5.41) is 27.5. The third kappa shape index (κ3) is 8.02. The van der Waals surface area contributed by atoms with Crippen molar-refractivity contribution in [1.29, 1.82) is 0 Å². The van der Waals surface area contributed by atoms with Crippen LogP contribution in [0.1, 0.15) is 30.9 Å². The average molecular weight is 452 g/mol. The first-order chi connectivity index (χ1) is 15.8. The van der Waals surface area contributed by atoms with E-state index in [0.717, 1.165) is 6.42 Å². The fourth-order valence-electron chi connectivity index (χ4n) is 3.03. The zero-order chi connectivity index (χ0) is 24.2. The summed E-state index contributed by atoms with van der Waals surface area (Å²) in [5.41, 5.74) is 0.391. The van der Waals surface area contributed by atoms with E-state index >= 15 is 0 Å². The maximum Gasteiger partial charge on any atom is 0.276 e. The number of nitro groups is 2. The highest BCUT2D eigenvalue weighted by Crippen LogP contribution is 2.19. The number of carbonyl (C=O) groups is 2. The second-order valence-electron chi connectivity index (χ2n) is 7.04. The SMILES string of the molecule is CCCC(CNC(=O)/C=C/c1ccccc1[N+](=O)[O-])NC(=O)/C=C/c1ccccc1[N+](=O)[O-]. The van der Waals surface area contributed by atoms with Gasteiger partial charge in [-0.2, -0.15) is 0 Å². The van der Waals surface area contributed by atoms with Gasteiger partial charge < -0.3 is 10.6 Å². The molecule has 2 aromatic rings. The Morgan fingerprint density at radius 2 is 1.36 bits per heavy atom. The number of nitrogens with one attached hydrogen (secondary N) is 2. The summed E-state index contributed by atoms with van der Waals surface area (Å²) in [4.78, 5) is 45.5. The fraction of sp³-hybridized carbons (Fsp3) is 0.217. The molecule has 0 aliphatic rings. The first-order valence-electron chi connectivity index (χ1n) is 10.2. The molecule has 2 N–H and O–H groups in total. The zero-order valence-electron chi connectivity index (χ0n) is 18.0. The third-order valence-corrected chi connectivity index (χ3v) is 4.60. The lowest BCUT2D eigenvalue weighted by molar-refractivity contribution is -0.385. The predicted octanol–water partition coefficient (Wildman–Crippen LogP) is 3.63. The van der Waals surface area contributed by atoms with E-state index < -0.39 is 21.7 Å². The van der Waals surface area contributed by atoms with Gasteiger partial charge >= 0.3 is 0 Å². The van der Waals surface area contributed by atoms with Crippen molar-refractivity contribution < 1.29 is 19.4 Å². The average Bonchev–Trinajstić information content (AvgIpc) is 2.80. The minimum Gasteiger partial charge on any atom is -0.350 e. The molecule has 0 spiro atoms. The van der Waals surface area contributed by atoms with Gasteiger partial charge in [0.25, 0.3) is 11.4 Å². The van der Waals surface area contributed by atoms with E-state index in [9.17, 15) is 29.8 Å². The molecule has 172 valence electrons. The second kappa shape index (κ2) is 12.5. The fourth-order valence-corrected chi connectivity index (χ4v) is 3.03. The molecule has 0 aliphatic carbocycles. The largest absolute Gasteiger partial charge is 0.350 e. The lowest BCUT2D eigenvalue weighted by atomic mass is 10.1. The van der Waals surface area contributed by atoms with Gasteiger partial charge in [0.15, 0.2) is 0 Å². The minimum absolute atomic E-state index is 0.107. The molecule has 1 atom stereocenters. The molecule has 2 rings (SSSR count). The van der Waals surface area contributed by atoms with E-state index in [2.05, 4.69) is 10.6 Å². The van der Waals surface area contributed by atoms with Gasteiger partial charge in [0.2, 0.25) is 11.8 Å². The van der Waals surface area contributed by atoms with Crippen molar-refractivity contribution in [3.05, 3.63) is 92.0 Å². The van der Waals surface area contributed by atoms with Gasteiger partial charge in [0, 0.05) is 36.9 Å². The quantitative estimate of drug-likeness (QED) is 0.303. The smallest absolute Gasteiger partial charge is 0.276 e. The zero-order valence-corrected chi connectivity index (χ0v) is 18.0. The van der Waals surface area contributed by atoms with Crippen LogP contribution in [-0.2, 0) is 9.59 Å². The number of hydrogen-bond acceptors (Lipinski definition) is 6. The van der Waals surface area contributed by atoms with Crippen molar-refractivity contribution in [2.45, 2.75) is 25.8 Å². The summed E-state index contributed by atoms with van der Waals surface area (Å²) < 4.78 is 0. The van der Waals surface area contributed by atoms with Crippen molar-refractivity contribution in [3.63, 3.8) is 0 Å². The van der Waals surface area contributed by atoms with Gasteiger partial charge in [0.05, 0.1) is 21.0 Å². The minimum atomic E-state index is -0.526. The summed E-state index contributed by atoms with van der Waals surface area (Å²) >= 11 is 0. The molecular formula is C23H24N4O6. The number of para-hydroxylation sites is 2. The first kappa shape index (κ1) is 24.9. The van der Waals surface area contributed by atoms with Crippen LogP contribution in [0.3, 0.4) is 0 Å². The van der Waals surface area contributed by atoms with E-state index in [4.69, 9.17) is 0 Å². The molecule has 2 aromatic carbocycles. The molecule has 0 aliphatic heterocycles. The van der Waals surface area contributed by atoms with Crippen molar-refractivity contribution in [2.24, 2.45) is 0 Å². The Balaban J connectivity index is 1.95. The lowest BCUT2D eigenvalue weighted by Gasteiger charge is -2.17. The summed E-state index contributed by atoms with van der Waals surface area (Å²) in [5.74, 6) is -0.907. The Bertz CT molecular complexity index is 1080. The standard InChI is InChI=1S/C23H24N4O6/c1-2-7-19(25-23(29)15-13-18-9-4-6-11-21(18)27(32)33)16-24-22(28)14-12-17-8-3-5-10-20(17)26(30)31/h3-6,8-15,19H,2,7,16H2,1H3,(H,24,28)(H,25,29)/b14-12+,15-13+. The molecule has 0 radical (unpaired) electrons. The van der Waals surface area contributed by atoms with E-state index in [1.807, 2.05) is 6.92 Å². The van der Waals surface area contributed by atoms with Gasteiger partial charge in [-0.05, 0) is 30.7 Å². The van der Waals surface area contributed by atoms with Crippen LogP contribution in [0.4, 0.5) is 11.4 Å². The molecule has 0 saturated carbocycles. The maximum absolute atomic E-state index is 12.3. The van der Waals surface area contributed by atoms with Gasteiger partial charge in [-0.15, -0.1) is 0 Å². The Kier molecular flexibility index (Phi) is 9.44. The second-order valence-corrected chi connectivity index (χ2v) is 7.04. The highest BCUT2D eigenvalue weighted by Gasteiger charge is 2.13. The third-order valence-electron chi connectivity index (χ3n) is 4.60. The first-order valence-corrected chi connectivity index (χ1v) is 10.2. The Labute approximate surface area is 190 Å². The van der Waals surface area contributed by atoms with Gasteiger partial charge in [-0.3, -0.25) is 29.8 Å². The van der Waals surface area contributed by atoms with Crippen LogP contribution in [0.15, 0.2) is 60.7 Å². The highest BCUT2D eigenvalue weighted by atomic mass is 16.6. The Hall–Kier alpha value is -4.34. The number of rotatable bonds is 11. The van der Waals surface area contributed by atoms with E-state index in [-0.39, 0.29) is 24.0 Å². The molecule has 2 amide bonds. The highest BCUT2D eigenvalue weighted by molar-refractivity contribution is 5.93. The summed E-state index contributed by atoms with van der Waals surface area (Å²) in [6.07, 6.45) is 6.48. The van der Waals surface area contributed by atoms with Crippen molar-refractivity contribution in [2.75, 3.05) is 6.54 Å². The number of hydrogen-bond donors (Lipinski definition) is 2. The molecule has 0 saturated heterocycles. The molecule has 0 fully saturated rings. The Morgan fingerprint density at radius 3 is 1.85 bits per heavy atom. The maximum atomic E-state index is 12.3. The number of nitrogens with zero attached hydrogens (tertiary/aromatic N) is 2. The van der Waals surface area contributed by atoms with Crippen LogP contribution in [0.2, 0.25) is 0 Å². The van der Waals surface area contributed by atoms with Gasteiger partial charge in [0.1, 0.15) is 0 Å². The monoisotopic (exact) mass is 452 g/mol. The molecule has 0 aromatic heterocycles. The van der Waals surface area contributed by atoms with Crippen LogP contribution >= 0.6 is 0 Å². The van der Waals surface area contributed by atoms with E-state index in [0.29, 0.717) is 17.5 Å².